The van der Waals surface area contributed by atoms with Crippen LogP contribution in [0, 0.1) is 11.3 Å². The first-order valence-electron chi connectivity index (χ1n) is 7.25. The molecule has 0 aliphatic heterocycles. The summed E-state index contributed by atoms with van der Waals surface area (Å²) >= 11 is 0. The van der Waals surface area contributed by atoms with Gasteiger partial charge in [-0.2, -0.15) is 0 Å². The molecule has 0 aromatic carbocycles. The van der Waals surface area contributed by atoms with Crippen LogP contribution >= 0.6 is 0 Å². The van der Waals surface area contributed by atoms with Crippen molar-refractivity contribution in [2.45, 2.75) is 47.1 Å². The maximum Gasteiger partial charge on any atom is 0.330 e. The van der Waals surface area contributed by atoms with Gasteiger partial charge in [-0.15, -0.1) is 0 Å². The molecule has 118 valence electrons. The summed E-state index contributed by atoms with van der Waals surface area (Å²) in [5.41, 5.74) is 0.259. The number of hydrogen-bond acceptors (Lipinski definition) is 4. The Hall–Kier alpha value is -0.870. The molecule has 0 rings (SSSR count). The summed E-state index contributed by atoms with van der Waals surface area (Å²) in [7, 11) is 0. The average Bonchev–Trinajstić information content (AvgIpc) is 2.34. The molecule has 0 aliphatic rings. The molecule has 0 heterocycles. The minimum atomic E-state index is -0.421. The highest BCUT2D eigenvalue weighted by Crippen LogP contribution is 2.25. The van der Waals surface area contributed by atoms with E-state index in [4.69, 9.17) is 14.2 Å². The van der Waals surface area contributed by atoms with Gasteiger partial charge >= 0.3 is 5.97 Å². The molecular weight excluding hydrogens is 256 g/mol. The van der Waals surface area contributed by atoms with Crippen molar-refractivity contribution in [2.75, 3.05) is 26.4 Å². The molecule has 0 bridgehead atoms. The highest BCUT2D eigenvalue weighted by atomic mass is 16.6. The molecule has 0 spiro atoms. The monoisotopic (exact) mass is 286 g/mol. The van der Waals surface area contributed by atoms with E-state index in [1.807, 2.05) is 0 Å². The molecule has 0 radical (unpaired) electrons. The van der Waals surface area contributed by atoms with Gasteiger partial charge in [0, 0.05) is 6.08 Å². The standard InChI is InChI=1S/C16H30O4/c1-7-15(17)20-11-9-18-8-10-19-14(13(2)3)12-16(4,5)6/h7,13-14H,1,8-12H2,2-6H3. The van der Waals surface area contributed by atoms with Crippen LogP contribution in [-0.4, -0.2) is 38.5 Å². The van der Waals surface area contributed by atoms with Crippen LogP contribution in [0.2, 0.25) is 0 Å². The van der Waals surface area contributed by atoms with E-state index >= 15 is 0 Å². The van der Waals surface area contributed by atoms with E-state index in [1.54, 1.807) is 0 Å². The van der Waals surface area contributed by atoms with Crippen LogP contribution in [0.1, 0.15) is 41.0 Å². The number of esters is 1. The fraction of sp³-hybridized carbons (Fsp3) is 0.812. The number of rotatable bonds is 10. The highest BCUT2D eigenvalue weighted by molar-refractivity contribution is 5.81. The number of carbonyl (C=O) groups is 1. The van der Waals surface area contributed by atoms with Crippen LogP contribution in [0.15, 0.2) is 12.7 Å². The van der Waals surface area contributed by atoms with Crippen LogP contribution in [0.5, 0.6) is 0 Å². The van der Waals surface area contributed by atoms with Gasteiger partial charge in [0.05, 0.1) is 25.9 Å². The van der Waals surface area contributed by atoms with Gasteiger partial charge in [0.15, 0.2) is 0 Å². The Kier molecular flexibility index (Phi) is 9.51. The zero-order chi connectivity index (χ0) is 15.6. The van der Waals surface area contributed by atoms with Crippen molar-refractivity contribution in [3.63, 3.8) is 0 Å². The van der Waals surface area contributed by atoms with E-state index in [9.17, 15) is 4.79 Å². The molecule has 0 saturated heterocycles. The summed E-state index contributed by atoms with van der Waals surface area (Å²) in [5.74, 6) is 0.0673. The minimum Gasteiger partial charge on any atom is -0.460 e. The van der Waals surface area contributed by atoms with Crippen molar-refractivity contribution in [3.05, 3.63) is 12.7 Å². The Morgan fingerprint density at radius 2 is 1.75 bits per heavy atom. The van der Waals surface area contributed by atoms with Gasteiger partial charge in [0.1, 0.15) is 6.61 Å². The summed E-state index contributed by atoms with van der Waals surface area (Å²) in [5, 5.41) is 0. The lowest BCUT2D eigenvalue weighted by atomic mass is 9.85. The summed E-state index contributed by atoms with van der Waals surface area (Å²) in [6, 6.07) is 0. The Morgan fingerprint density at radius 1 is 1.15 bits per heavy atom. The topological polar surface area (TPSA) is 44.8 Å². The van der Waals surface area contributed by atoms with E-state index in [2.05, 4.69) is 41.2 Å². The van der Waals surface area contributed by atoms with Crippen LogP contribution in [0.4, 0.5) is 0 Å². The SMILES string of the molecule is C=CC(=O)OCCOCCOC(CC(C)(C)C)C(C)C. The molecule has 0 saturated carbocycles. The molecule has 0 aromatic rings. The van der Waals surface area contributed by atoms with Gasteiger partial charge < -0.3 is 14.2 Å². The number of hydrogen-bond donors (Lipinski definition) is 0. The second-order valence-electron chi connectivity index (χ2n) is 6.40. The first-order valence-corrected chi connectivity index (χ1v) is 7.25. The molecule has 0 fully saturated rings. The third-order valence-corrected chi connectivity index (χ3v) is 2.76. The quantitative estimate of drug-likeness (QED) is 0.351. The fourth-order valence-corrected chi connectivity index (χ4v) is 1.71. The summed E-state index contributed by atoms with van der Waals surface area (Å²) in [4.78, 5) is 10.8. The largest absolute Gasteiger partial charge is 0.460 e. The Morgan fingerprint density at radius 3 is 2.25 bits per heavy atom. The highest BCUT2D eigenvalue weighted by Gasteiger charge is 2.21. The second kappa shape index (κ2) is 9.94. The van der Waals surface area contributed by atoms with E-state index in [0.29, 0.717) is 25.7 Å². The molecule has 4 heteroatoms. The first-order chi connectivity index (χ1) is 9.26. The van der Waals surface area contributed by atoms with Gasteiger partial charge in [-0.3, -0.25) is 0 Å². The molecule has 0 N–H and O–H groups in total. The van der Waals surface area contributed by atoms with Crippen molar-refractivity contribution in [1.29, 1.82) is 0 Å². The van der Waals surface area contributed by atoms with Crippen molar-refractivity contribution in [2.24, 2.45) is 11.3 Å². The molecule has 1 atom stereocenters. The van der Waals surface area contributed by atoms with Crippen LogP contribution in [0.25, 0.3) is 0 Å². The molecule has 1 unspecified atom stereocenters. The van der Waals surface area contributed by atoms with E-state index < -0.39 is 5.97 Å². The maximum atomic E-state index is 10.8. The van der Waals surface area contributed by atoms with E-state index in [-0.39, 0.29) is 18.1 Å². The van der Waals surface area contributed by atoms with Crippen LogP contribution in [-0.2, 0) is 19.0 Å². The van der Waals surface area contributed by atoms with E-state index in [0.717, 1.165) is 12.5 Å². The predicted molar refractivity (Wildman–Crippen MR) is 80.6 cm³/mol. The van der Waals surface area contributed by atoms with Crippen molar-refractivity contribution >= 4 is 5.97 Å². The molecule has 4 nitrogen and oxygen atoms in total. The lowest BCUT2D eigenvalue weighted by molar-refractivity contribution is -0.139. The Labute approximate surface area is 123 Å². The van der Waals surface area contributed by atoms with E-state index in [1.165, 1.54) is 0 Å². The van der Waals surface area contributed by atoms with Gasteiger partial charge in [-0.1, -0.05) is 41.2 Å². The Bertz CT molecular complexity index is 279. The summed E-state index contributed by atoms with van der Waals surface area (Å²) in [6.07, 6.45) is 2.42. The first kappa shape index (κ1) is 19.1. The fourth-order valence-electron chi connectivity index (χ4n) is 1.71. The van der Waals surface area contributed by atoms with Crippen molar-refractivity contribution in [1.82, 2.24) is 0 Å². The van der Waals surface area contributed by atoms with Gasteiger partial charge in [-0.25, -0.2) is 4.79 Å². The third kappa shape index (κ3) is 11.0. The van der Waals surface area contributed by atoms with Crippen LogP contribution in [0.3, 0.4) is 0 Å². The molecule has 0 amide bonds. The second-order valence-corrected chi connectivity index (χ2v) is 6.40. The smallest absolute Gasteiger partial charge is 0.330 e. The Balaban J connectivity index is 3.69. The number of ether oxygens (including phenoxy) is 3. The lowest BCUT2D eigenvalue weighted by Crippen LogP contribution is -2.27. The summed E-state index contributed by atoms with van der Waals surface area (Å²) in [6.45, 7) is 16.0. The lowest BCUT2D eigenvalue weighted by Gasteiger charge is -2.28. The predicted octanol–water partition coefficient (Wildman–Crippen LogP) is 3.21. The minimum absolute atomic E-state index is 0.247. The van der Waals surface area contributed by atoms with Crippen molar-refractivity contribution < 1.29 is 19.0 Å². The average molecular weight is 286 g/mol. The van der Waals surface area contributed by atoms with Gasteiger partial charge in [-0.05, 0) is 17.8 Å². The van der Waals surface area contributed by atoms with Crippen molar-refractivity contribution in [3.8, 4) is 0 Å². The van der Waals surface area contributed by atoms with Crippen LogP contribution < -0.4 is 0 Å². The molecule has 0 aromatic heterocycles. The molecular formula is C16H30O4. The maximum absolute atomic E-state index is 10.8. The molecule has 0 aliphatic carbocycles. The third-order valence-electron chi connectivity index (χ3n) is 2.76. The normalized spacial score (nSPS) is 13.3. The molecule has 20 heavy (non-hydrogen) atoms. The zero-order valence-corrected chi connectivity index (χ0v) is 13.6. The number of carbonyl (C=O) groups excluding carboxylic acids is 1. The van der Waals surface area contributed by atoms with Gasteiger partial charge in [0.25, 0.3) is 0 Å². The van der Waals surface area contributed by atoms with Gasteiger partial charge in [0.2, 0.25) is 0 Å². The summed E-state index contributed by atoms with van der Waals surface area (Å²) < 4.78 is 16.0. The zero-order valence-electron chi connectivity index (χ0n) is 13.6.